The van der Waals surface area contributed by atoms with Crippen LogP contribution in [0.4, 0.5) is 0 Å². The fourth-order valence-corrected chi connectivity index (χ4v) is 3.38. The Morgan fingerprint density at radius 1 is 1.00 bits per heavy atom. The van der Waals surface area contributed by atoms with Crippen LogP contribution in [-0.2, 0) is 0 Å². The highest BCUT2D eigenvalue weighted by Crippen LogP contribution is 2.37. The molecule has 1 rings (SSSR count). The maximum Gasteiger partial charge on any atom is 0.0128 e. The van der Waals surface area contributed by atoms with Crippen LogP contribution < -0.4 is 5.32 Å². The van der Waals surface area contributed by atoms with Crippen LogP contribution in [-0.4, -0.2) is 12.6 Å². The van der Waals surface area contributed by atoms with E-state index in [1.54, 1.807) is 0 Å². The lowest BCUT2D eigenvalue weighted by Gasteiger charge is -2.43. The fourth-order valence-electron chi connectivity index (χ4n) is 3.38. The molecule has 1 nitrogen and oxygen atoms in total. The molecule has 1 aliphatic rings. The van der Waals surface area contributed by atoms with E-state index in [1.165, 1.54) is 32.2 Å². The van der Waals surface area contributed by atoms with Gasteiger partial charge in [0.1, 0.15) is 0 Å². The highest BCUT2D eigenvalue weighted by Gasteiger charge is 2.35. The zero-order valence-corrected chi connectivity index (χ0v) is 11.9. The average molecular weight is 225 g/mol. The van der Waals surface area contributed by atoms with Gasteiger partial charge >= 0.3 is 0 Å². The van der Waals surface area contributed by atoms with Crippen LogP contribution in [0.25, 0.3) is 0 Å². The second-order valence-corrected chi connectivity index (χ2v) is 6.23. The Bertz CT molecular complexity index is 170. The van der Waals surface area contributed by atoms with Crippen molar-refractivity contribution >= 4 is 0 Å². The van der Waals surface area contributed by atoms with Crippen molar-refractivity contribution in [3.8, 4) is 0 Å². The van der Waals surface area contributed by atoms with Gasteiger partial charge in [-0.1, -0.05) is 41.0 Å². The van der Waals surface area contributed by atoms with Gasteiger partial charge in [-0.05, 0) is 49.5 Å². The average Bonchev–Trinajstić information content (AvgIpc) is 2.25. The highest BCUT2D eigenvalue weighted by atomic mass is 14.9. The summed E-state index contributed by atoms with van der Waals surface area (Å²) < 4.78 is 0. The predicted octanol–water partition coefficient (Wildman–Crippen LogP) is 4.08. The van der Waals surface area contributed by atoms with Gasteiger partial charge in [0.25, 0.3) is 0 Å². The Hall–Kier alpha value is -0.0400. The van der Waals surface area contributed by atoms with Crippen LogP contribution in [0.1, 0.15) is 60.3 Å². The SMILES string of the molecule is CCCNC1C(C(C)C)CCCC1C(C)C. The summed E-state index contributed by atoms with van der Waals surface area (Å²) in [6, 6.07) is 0.772. The first-order valence-electron chi connectivity index (χ1n) is 7.31. The number of rotatable bonds is 5. The molecular weight excluding hydrogens is 194 g/mol. The largest absolute Gasteiger partial charge is 0.313 e. The van der Waals surface area contributed by atoms with E-state index in [4.69, 9.17) is 0 Å². The van der Waals surface area contributed by atoms with Crippen molar-refractivity contribution in [1.29, 1.82) is 0 Å². The monoisotopic (exact) mass is 225 g/mol. The molecule has 0 heterocycles. The van der Waals surface area contributed by atoms with Crippen molar-refractivity contribution in [2.45, 2.75) is 66.3 Å². The van der Waals surface area contributed by atoms with Gasteiger partial charge in [-0.25, -0.2) is 0 Å². The molecule has 2 unspecified atom stereocenters. The summed E-state index contributed by atoms with van der Waals surface area (Å²) in [5.74, 6) is 3.45. The smallest absolute Gasteiger partial charge is 0.0128 e. The van der Waals surface area contributed by atoms with Gasteiger partial charge in [0, 0.05) is 6.04 Å². The first-order chi connectivity index (χ1) is 7.57. The summed E-state index contributed by atoms with van der Waals surface area (Å²) in [5.41, 5.74) is 0. The van der Waals surface area contributed by atoms with Gasteiger partial charge in [-0.15, -0.1) is 0 Å². The van der Waals surface area contributed by atoms with E-state index in [9.17, 15) is 0 Å². The molecule has 16 heavy (non-hydrogen) atoms. The Balaban J connectivity index is 2.68. The van der Waals surface area contributed by atoms with E-state index in [2.05, 4.69) is 39.9 Å². The lowest BCUT2D eigenvalue weighted by atomic mass is 9.68. The molecule has 0 radical (unpaired) electrons. The van der Waals surface area contributed by atoms with Crippen LogP contribution in [0.15, 0.2) is 0 Å². The molecule has 0 aromatic rings. The molecule has 1 N–H and O–H groups in total. The van der Waals surface area contributed by atoms with Gasteiger partial charge in [-0.2, -0.15) is 0 Å². The second-order valence-electron chi connectivity index (χ2n) is 6.23. The maximum atomic E-state index is 3.83. The van der Waals surface area contributed by atoms with Crippen LogP contribution in [0, 0.1) is 23.7 Å². The van der Waals surface area contributed by atoms with E-state index < -0.39 is 0 Å². The Kier molecular flexibility index (Phi) is 5.82. The summed E-state index contributed by atoms with van der Waals surface area (Å²) in [6.07, 6.45) is 5.56. The molecule has 0 amide bonds. The summed E-state index contributed by atoms with van der Waals surface area (Å²) in [6.45, 7) is 13.0. The molecule has 0 bridgehead atoms. The first-order valence-corrected chi connectivity index (χ1v) is 7.31. The lowest BCUT2D eigenvalue weighted by Crippen LogP contribution is -2.48. The third-order valence-corrected chi connectivity index (χ3v) is 4.34. The quantitative estimate of drug-likeness (QED) is 0.743. The zero-order chi connectivity index (χ0) is 12.1. The molecular formula is C15H31N. The van der Waals surface area contributed by atoms with Crippen LogP contribution in [0.2, 0.25) is 0 Å². The van der Waals surface area contributed by atoms with Gasteiger partial charge in [-0.3, -0.25) is 0 Å². The zero-order valence-electron chi connectivity index (χ0n) is 11.9. The van der Waals surface area contributed by atoms with Crippen molar-refractivity contribution in [3.05, 3.63) is 0 Å². The summed E-state index contributed by atoms with van der Waals surface area (Å²) in [5, 5.41) is 3.83. The molecule has 0 aromatic carbocycles. The maximum absolute atomic E-state index is 3.83. The van der Waals surface area contributed by atoms with E-state index in [0.717, 1.165) is 29.7 Å². The van der Waals surface area contributed by atoms with E-state index in [-0.39, 0.29) is 0 Å². The first kappa shape index (κ1) is 14.0. The Morgan fingerprint density at radius 2 is 1.50 bits per heavy atom. The molecule has 1 heteroatoms. The third-order valence-electron chi connectivity index (χ3n) is 4.34. The summed E-state index contributed by atoms with van der Waals surface area (Å²) in [7, 11) is 0. The summed E-state index contributed by atoms with van der Waals surface area (Å²) >= 11 is 0. The molecule has 1 aliphatic carbocycles. The molecule has 0 aliphatic heterocycles. The summed E-state index contributed by atoms with van der Waals surface area (Å²) in [4.78, 5) is 0. The minimum absolute atomic E-state index is 0.772. The van der Waals surface area contributed by atoms with E-state index in [1.807, 2.05) is 0 Å². The van der Waals surface area contributed by atoms with Crippen molar-refractivity contribution in [1.82, 2.24) is 5.32 Å². The topological polar surface area (TPSA) is 12.0 Å². The molecule has 0 spiro atoms. The van der Waals surface area contributed by atoms with Crippen LogP contribution >= 0.6 is 0 Å². The molecule has 0 saturated heterocycles. The number of hydrogen-bond donors (Lipinski definition) is 1. The highest BCUT2D eigenvalue weighted by molar-refractivity contribution is 4.90. The standard InChI is InChI=1S/C15H31N/c1-6-10-16-15-13(11(2)3)8-7-9-14(15)12(4)5/h11-16H,6-10H2,1-5H3. The second kappa shape index (κ2) is 6.64. The van der Waals surface area contributed by atoms with Crippen LogP contribution in [0.3, 0.4) is 0 Å². The predicted molar refractivity (Wildman–Crippen MR) is 72.6 cm³/mol. The molecule has 1 saturated carbocycles. The van der Waals surface area contributed by atoms with Gasteiger partial charge < -0.3 is 5.32 Å². The molecule has 2 atom stereocenters. The molecule has 96 valence electrons. The van der Waals surface area contributed by atoms with Crippen molar-refractivity contribution in [3.63, 3.8) is 0 Å². The van der Waals surface area contributed by atoms with E-state index >= 15 is 0 Å². The van der Waals surface area contributed by atoms with E-state index in [0.29, 0.717) is 0 Å². The van der Waals surface area contributed by atoms with Crippen molar-refractivity contribution in [2.75, 3.05) is 6.54 Å². The number of nitrogens with one attached hydrogen (secondary N) is 1. The third kappa shape index (κ3) is 3.48. The number of hydrogen-bond acceptors (Lipinski definition) is 1. The van der Waals surface area contributed by atoms with Gasteiger partial charge in [0.05, 0.1) is 0 Å². The van der Waals surface area contributed by atoms with Gasteiger partial charge in [0.15, 0.2) is 0 Å². The minimum Gasteiger partial charge on any atom is -0.313 e. The minimum atomic E-state index is 0.772. The van der Waals surface area contributed by atoms with Gasteiger partial charge in [0.2, 0.25) is 0 Å². The van der Waals surface area contributed by atoms with Crippen LogP contribution in [0.5, 0.6) is 0 Å². The lowest BCUT2D eigenvalue weighted by molar-refractivity contribution is 0.113. The van der Waals surface area contributed by atoms with Crippen molar-refractivity contribution in [2.24, 2.45) is 23.7 Å². The Labute approximate surface area is 102 Å². The molecule has 1 fully saturated rings. The fraction of sp³-hybridized carbons (Fsp3) is 1.00. The normalized spacial score (nSPS) is 31.3. The molecule has 0 aromatic heterocycles. The Morgan fingerprint density at radius 3 is 1.88 bits per heavy atom. The van der Waals surface area contributed by atoms with Crippen molar-refractivity contribution < 1.29 is 0 Å².